The van der Waals surface area contributed by atoms with Crippen LogP contribution in [0.2, 0.25) is 0 Å². The lowest BCUT2D eigenvalue weighted by atomic mass is 9.88. The molecule has 0 atom stereocenters. The van der Waals surface area contributed by atoms with Crippen molar-refractivity contribution in [1.29, 1.82) is 0 Å². The smallest absolute Gasteiger partial charge is 0.126 e. The van der Waals surface area contributed by atoms with Crippen LogP contribution in [0.25, 0.3) is 0 Å². The van der Waals surface area contributed by atoms with Gasteiger partial charge in [0.1, 0.15) is 10.8 Å². The van der Waals surface area contributed by atoms with Gasteiger partial charge in [0.15, 0.2) is 0 Å². The number of pyridine rings is 1. The van der Waals surface area contributed by atoms with Crippen molar-refractivity contribution in [2.45, 2.75) is 32.7 Å². The van der Waals surface area contributed by atoms with Gasteiger partial charge >= 0.3 is 0 Å². The lowest BCUT2D eigenvalue weighted by Gasteiger charge is -2.18. The van der Waals surface area contributed by atoms with E-state index in [0.29, 0.717) is 0 Å². The Kier molecular flexibility index (Phi) is 3.43. The van der Waals surface area contributed by atoms with Gasteiger partial charge in [0.2, 0.25) is 0 Å². The molecule has 2 aromatic heterocycles. The Morgan fingerprint density at radius 2 is 2.06 bits per heavy atom. The minimum atomic E-state index is 0.154. The van der Waals surface area contributed by atoms with Crippen molar-refractivity contribution in [2.24, 2.45) is 0 Å². The van der Waals surface area contributed by atoms with Crippen molar-refractivity contribution in [3.63, 3.8) is 0 Å². The summed E-state index contributed by atoms with van der Waals surface area (Å²) in [6.07, 6.45) is 3.75. The lowest BCUT2D eigenvalue weighted by molar-refractivity contribution is 0.587. The van der Waals surface area contributed by atoms with Crippen molar-refractivity contribution < 1.29 is 0 Å². The van der Waals surface area contributed by atoms with Crippen LogP contribution in [-0.2, 0) is 12.0 Å². The summed E-state index contributed by atoms with van der Waals surface area (Å²) in [4.78, 5) is 8.63. The first kappa shape index (κ1) is 12.0. The van der Waals surface area contributed by atoms with Crippen molar-refractivity contribution in [1.82, 2.24) is 9.97 Å². The third kappa shape index (κ3) is 3.27. The van der Waals surface area contributed by atoms with E-state index >= 15 is 0 Å². The molecule has 0 aliphatic carbocycles. The van der Waals surface area contributed by atoms with Crippen LogP contribution in [0.4, 0.5) is 5.82 Å². The summed E-state index contributed by atoms with van der Waals surface area (Å²) in [7, 11) is 0. The molecule has 0 amide bonds. The van der Waals surface area contributed by atoms with Crippen LogP contribution in [0.5, 0.6) is 0 Å². The van der Waals surface area contributed by atoms with Gasteiger partial charge in [0, 0.05) is 17.8 Å². The Morgan fingerprint density at radius 3 is 2.59 bits per heavy atom. The zero-order valence-electron chi connectivity index (χ0n) is 10.4. The molecule has 2 heterocycles. The molecule has 0 unspecified atom stereocenters. The zero-order valence-corrected chi connectivity index (χ0v) is 11.2. The van der Waals surface area contributed by atoms with Gasteiger partial charge in [-0.15, -0.1) is 11.3 Å². The molecule has 0 radical (unpaired) electrons. The van der Waals surface area contributed by atoms with Gasteiger partial charge in [0.05, 0.1) is 6.54 Å². The maximum atomic E-state index is 4.41. The number of thiazole rings is 1. The normalized spacial score (nSPS) is 11.5. The molecule has 4 heteroatoms. The number of nitrogens with one attached hydrogen (secondary N) is 1. The van der Waals surface area contributed by atoms with Gasteiger partial charge in [-0.3, -0.25) is 0 Å². The summed E-state index contributed by atoms with van der Waals surface area (Å²) in [5.41, 5.74) is 1.40. The molecule has 0 aromatic carbocycles. The predicted octanol–water partition coefficient (Wildman–Crippen LogP) is 3.45. The molecule has 0 aliphatic rings. The van der Waals surface area contributed by atoms with E-state index in [2.05, 4.69) is 42.1 Å². The van der Waals surface area contributed by atoms with Crippen LogP contribution >= 0.6 is 11.3 Å². The quantitative estimate of drug-likeness (QED) is 0.902. The SMILES string of the molecule is CC(C)(C)c1ccc(NCc2nccs2)nc1. The van der Waals surface area contributed by atoms with Crippen molar-refractivity contribution >= 4 is 17.2 Å². The number of hydrogen-bond donors (Lipinski definition) is 1. The van der Waals surface area contributed by atoms with E-state index < -0.39 is 0 Å². The maximum Gasteiger partial charge on any atom is 0.126 e. The van der Waals surface area contributed by atoms with E-state index in [1.54, 1.807) is 11.3 Å². The fraction of sp³-hybridized carbons (Fsp3) is 0.385. The van der Waals surface area contributed by atoms with Gasteiger partial charge in [-0.05, 0) is 17.0 Å². The third-order valence-electron chi connectivity index (χ3n) is 2.53. The Hall–Kier alpha value is -1.42. The minimum absolute atomic E-state index is 0.154. The number of aromatic nitrogens is 2. The third-order valence-corrected chi connectivity index (χ3v) is 3.31. The first-order valence-corrected chi connectivity index (χ1v) is 6.52. The Labute approximate surface area is 106 Å². The topological polar surface area (TPSA) is 37.8 Å². The molecule has 2 aromatic rings. The molecule has 0 saturated heterocycles. The molecule has 2 rings (SSSR count). The molecule has 3 nitrogen and oxygen atoms in total. The van der Waals surface area contributed by atoms with Crippen LogP contribution < -0.4 is 5.32 Å². The predicted molar refractivity (Wildman–Crippen MR) is 72.4 cm³/mol. The molecule has 17 heavy (non-hydrogen) atoms. The van der Waals surface area contributed by atoms with E-state index in [0.717, 1.165) is 17.4 Å². The fourth-order valence-corrected chi connectivity index (χ4v) is 2.00. The summed E-state index contributed by atoms with van der Waals surface area (Å²) >= 11 is 1.65. The Bertz CT molecular complexity index is 454. The van der Waals surface area contributed by atoms with Gasteiger partial charge in [-0.2, -0.15) is 0 Å². The fourth-order valence-electron chi connectivity index (χ4n) is 1.45. The van der Waals surface area contributed by atoms with E-state index in [4.69, 9.17) is 0 Å². The Balaban J connectivity index is 1.99. The molecule has 0 saturated carbocycles. The standard InChI is InChI=1S/C13H17N3S/c1-13(2,3)10-4-5-11(15-8-10)16-9-12-14-6-7-17-12/h4-8H,9H2,1-3H3,(H,15,16). The van der Waals surface area contributed by atoms with E-state index in [-0.39, 0.29) is 5.41 Å². The highest BCUT2D eigenvalue weighted by atomic mass is 32.1. The van der Waals surface area contributed by atoms with E-state index in [1.165, 1.54) is 5.56 Å². The van der Waals surface area contributed by atoms with Crippen LogP contribution in [0.3, 0.4) is 0 Å². The van der Waals surface area contributed by atoms with Crippen LogP contribution in [0.15, 0.2) is 29.9 Å². The lowest BCUT2D eigenvalue weighted by Crippen LogP contribution is -2.11. The van der Waals surface area contributed by atoms with Gasteiger partial charge in [-0.1, -0.05) is 26.8 Å². The van der Waals surface area contributed by atoms with Crippen molar-refractivity contribution in [3.05, 3.63) is 40.5 Å². The molecular formula is C13H17N3S. The summed E-state index contributed by atoms with van der Waals surface area (Å²) in [6, 6.07) is 4.14. The van der Waals surface area contributed by atoms with Crippen molar-refractivity contribution in [2.75, 3.05) is 5.32 Å². The maximum absolute atomic E-state index is 4.41. The molecule has 1 N–H and O–H groups in total. The van der Waals surface area contributed by atoms with Crippen molar-refractivity contribution in [3.8, 4) is 0 Å². The van der Waals surface area contributed by atoms with Gasteiger partial charge < -0.3 is 5.32 Å². The second kappa shape index (κ2) is 4.84. The highest BCUT2D eigenvalue weighted by molar-refractivity contribution is 7.09. The number of hydrogen-bond acceptors (Lipinski definition) is 4. The second-order valence-electron chi connectivity index (χ2n) is 4.96. The molecule has 90 valence electrons. The second-order valence-corrected chi connectivity index (χ2v) is 5.94. The van der Waals surface area contributed by atoms with Gasteiger partial charge in [0.25, 0.3) is 0 Å². The summed E-state index contributed by atoms with van der Waals surface area (Å²) < 4.78 is 0. The Morgan fingerprint density at radius 1 is 1.24 bits per heavy atom. The zero-order chi connectivity index (χ0) is 12.3. The largest absolute Gasteiger partial charge is 0.364 e. The molecule has 0 aliphatic heterocycles. The molecule has 0 bridgehead atoms. The van der Waals surface area contributed by atoms with Crippen LogP contribution in [0, 0.1) is 0 Å². The average molecular weight is 247 g/mol. The van der Waals surface area contributed by atoms with E-state index in [9.17, 15) is 0 Å². The first-order valence-electron chi connectivity index (χ1n) is 5.64. The first-order chi connectivity index (χ1) is 8.05. The van der Waals surface area contributed by atoms with E-state index in [1.807, 2.05) is 23.8 Å². The number of anilines is 1. The average Bonchev–Trinajstić information content (AvgIpc) is 2.78. The monoisotopic (exact) mass is 247 g/mol. The number of rotatable bonds is 3. The van der Waals surface area contributed by atoms with Crippen LogP contribution in [-0.4, -0.2) is 9.97 Å². The number of nitrogens with zero attached hydrogens (tertiary/aromatic N) is 2. The molecule has 0 spiro atoms. The summed E-state index contributed by atoms with van der Waals surface area (Å²) in [6.45, 7) is 7.30. The van der Waals surface area contributed by atoms with Gasteiger partial charge in [-0.25, -0.2) is 9.97 Å². The summed E-state index contributed by atoms with van der Waals surface area (Å²) in [5, 5.41) is 6.32. The molecule has 0 fully saturated rings. The van der Waals surface area contributed by atoms with Crippen LogP contribution in [0.1, 0.15) is 31.3 Å². The highest BCUT2D eigenvalue weighted by Crippen LogP contribution is 2.22. The minimum Gasteiger partial charge on any atom is -0.364 e. The molecular weight excluding hydrogens is 230 g/mol. The summed E-state index contributed by atoms with van der Waals surface area (Å²) in [5.74, 6) is 0.896. The highest BCUT2D eigenvalue weighted by Gasteiger charge is 2.13.